The molecule has 1 fully saturated rings. The van der Waals surface area contributed by atoms with E-state index in [1.165, 1.54) is 43.9 Å². The Balaban J connectivity index is 0.00000363. The first kappa shape index (κ1) is 26.6. The highest BCUT2D eigenvalue weighted by Crippen LogP contribution is 2.23. The van der Waals surface area contributed by atoms with Gasteiger partial charge in [-0.25, -0.2) is 0 Å². The largest absolute Gasteiger partial charge is 0.356 e. The third-order valence-electron chi connectivity index (χ3n) is 6.20. The van der Waals surface area contributed by atoms with E-state index in [2.05, 4.69) is 99.9 Å². The normalized spacial score (nSPS) is 16.4. The molecule has 3 rings (SSSR count). The van der Waals surface area contributed by atoms with Crippen molar-refractivity contribution in [3.05, 3.63) is 71.8 Å². The van der Waals surface area contributed by atoms with Crippen LogP contribution in [0.1, 0.15) is 30.9 Å². The average molecular weight is 550 g/mol. The molecule has 1 atom stereocenters. The molecule has 32 heavy (non-hydrogen) atoms. The lowest BCUT2D eigenvalue weighted by Crippen LogP contribution is -2.48. The quantitative estimate of drug-likeness (QED) is 0.283. The van der Waals surface area contributed by atoms with Gasteiger partial charge in [-0.2, -0.15) is 0 Å². The van der Waals surface area contributed by atoms with Gasteiger partial charge in [-0.1, -0.05) is 74.5 Å². The SMILES string of the molecule is CCN1CCN(CC(C)CNC(=NC)NCC(c2ccccc2)c2ccccc2)CC1.I. The second-order valence-corrected chi connectivity index (χ2v) is 8.55. The van der Waals surface area contributed by atoms with Gasteiger partial charge in [0, 0.05) is 58.8 Å². The Morgan fingerprint density at radius 2 is 1.34 bits per heavy atom. The Morgan fingerprint density at radius 3 is 1.84 bits per heavy atom. The summed E-state index contributed by atoms with van der Waals surface area (Å²) in [5, 5.41) is 7.10. The minimum Gasteiger partial charge on any atom is -0.356 e. The maximum atomic E-state index is 4.46. The Bertz CT molecular complexity index is 736. The van der Waals surface area contributed by atoms with Crippen LogP contribution in [0.5, 0.6) is 0 Å². The highest BCUT2D eigenvalue weighted by atomic mass is 127. The fourth-order valence-corrected chi connectivity index (χ4v) is 4.28. The van der Waals surface area contributed by atoms with Crippen LogP contribution in [0.3, 0.4) is 0 Å². The van der Waals surface area contributed by atoms with Crippen LogP contribution in [0.15, 0.2) is 65.7 Å². The van der Waals surface area contributed by atoms with Crippen LogP contribution >= 0.6 is 24.0 Å². The summed E-state index contributed by atoms with van der Waals surface area (Å²) in [6.45, 7) is 13.4. The maximum Gasteiger partial charge on any atom is 0.191 e. The summed E-state index contributed by atoms with van der Waals surface area (Å²) >= 11 is 0. The van der Waals surface area contributed by atoms with Gasteiger partial charge in [-0.15, -0.1) is 24.0 Å². The summed E-state index contributed by atoms with van der Waals surface area (Å²) in [6, 6.07) is 21.4. The van der Waals surface area contributed by atoms with Gasteiger partial charge in [0.15, 0.2) is 5.96 Å². The average Bonchev–Trinajstić information content (AvgIpc) is 2.83. The second-order valence-electron chi connectivity index (χ2n) is 8.55. The fourth-order valence-electron chi connectivity index (χ4n) is 4.28. The molecule has 1 heterocycles. The third kappa shape index (κ3) is 8.37. The first-order valence-corrected chi connectivity index (χ1v) is 11.7. The predicted molar refractivity (Wildman–Crippen MR) is 147 cm³/mol. The number of rotatable bonds is 9. The minimum absolute atomic E-state index is 0. The zero-order valence-corrected chi connectivity index (χ0v) is 22.2. The van der Waals surface area contributed by atoms with Crippen molar-refractivity contribution >= 4 is 29.9 Å². The molecule has 1 aliphatic heterocycles. The van der Waals surface area contributed by atoms with Gasteiger partial charge in [-0.3, -0.25) is 4.99 Å². The highest BCUT2D eigenvalue weighted by Gasteiger charge is 2.18. The van der Waals surface area contributed by atoms with E-state index >= 15 is 0 Å². The molecule has 1 unspecified atom stereocenters. The molecule has 0 aromatic heterocycles. The summed E-state index contributed by atoms with van der Waals surface area (Å²) in [7, 11) is 1.85. The zero-order chi connectivity index (χ0) is 21.9. The van der Waals surface area contributed by atoms with Gasteiger partial charge in [0.2, 0.25) is 0 Å². The molecule has 0 radical (unpaired) electrons. The Hall–Kier alpha value is -1.64. The van der Waals surface area contributed by atoms with E-state index in [0.717, 1.165) is 25.6 Å². The number of nitrogens with zero attached hydrogens (tertiary/aromatic N) is 3. The van der Waals surface area contributed by atoms with Gasteiger partial charge in [0.05, 0.1) is 0 Å². The van der Waals surface area contributed by atoms with Gasteiger partial charge >= 0.3 is 0 Å². The molecular weight excluding hydrogens is 509 g/mol. The monoisotopic (exact) mass is 549 g/mol. The minimum atomic E-state index is 0. The summed E-state index contributed by atoms with van der Waals surface area (Å²) in [4.78, 5) is 9.58. The van der Waals surface area contributed by atoms with Gasteiger partial charge in [0.25, 0.3) is 0 Å². The molecule has 0 saturated carbocycles. The zero-order valence-electron chi connectivity index (χ0n) is 19.8. The second kappa shape index (κ2) is 14.5. The van der Waals surface area contributed by atoms with E-state index in [0.29, 0.717) is 5.92 Å². The molecule has 176 valence electrons. The van der Waals surface area contributed by atoms with Crippen LogP contribution in [0.2, 0.25) is 0 Å². The maximum absolute atomic E-state index is 4.46. The van der Waals surface area contributed by atoms with Crippen molar-refractivity contribution in [2.24, 2.45) is 10.9 Å². The van der Waals surface area contributed by atoms with Crippen LogP contribution in [-0.4, -0.2) is 75.2 Å². The number of guanidine groups is 1. The number of hydrogen-bond donors (Lipinski definition) is 2. The summed E-state index contributed by atoms with van der Waals surface area (Å²) in [5.74, 6) is 1.73. The molecule has 0 spiro atoms. The topological polar surface area (TPSA) is 42.9 Å². The van der Waals surface area contributed by atoms with E-state index in [9.17, 15) is 0 Å². The predicted octanol–water partition coefficient (Wildman–Crippen LogP) is 3.88. The van der Waals surface area contributed by atoms with E-state index in [-0.39, 0.29) is 29.9 Å². The lowest BCUT2D eigenvalue weighted by molar-refractivity contribution is 0.124. The van der Waals surface area contributed by atoms with Crippen LogP contribution in [0.4, 0.5) is 0 Å². The molecule has 2 aromatic carbocycles. The Labute approximate surface area is 211 Å². The standard InChI is InChI=1S/C26H39N5.HI/c1-4-30-15-17-31(18-16-30)21-22(2)19-28-26(27-3)29-20-25(23-11-7-5-8-12-23)24-13-9-6-10-14-24;/h5-14,22,25H,4,15-21H2,1-3H3,(H2,27,28,29);1H. The van der Waals surface area contributed by atoms with Crippen molar-refractivity contribution in [3.63, 3.8) is 0 Å². The molecule has 2 aromatic rings. The van der Waals surface area contributed by atoms with Gasteiger partial charge < -0.3 is 20.4 Å². The Morgan fingerprint density at radius 1 is 0.844 bits per heavy atom. The van der Waals surface area contributed by atoms with Crippen molar-refractivity contribution in [1.82, 2.24) is 20.4 Å². The number of nitrogens with one attached hydrogen (secondary N) is 2. The molecule has 1 saturated heterocycles. The van der Waals surface area contributed by atoms with Crippen molar-refractivity contribution in [3.8, 4) is 0 Å². The molecule has 6 heteroatoms. The van der Waals surface area contributed by atoms with Gasteiger partial charge in [0.1, 0.15) is 0 Å². The summed E-state index contributed by atoms with van der Waals surface area (Å²) in [5.41, 5.74) is 2.63. The highest BCUT2D eigenvalue weighted by molar-refractivity contribution is 14.0. The van der Waals surface area contributed by atoms with Crippen molar-refractivity contribution in [1.29, 1.82) is 0 Å². The summed E-state index contributed by atoms with van der Waals surface area (Å²) < 4.78 is 0. The number of aliphatic imine (C=N–C) groups is 1. The van der Waals surface area contributed by atoms with Gasteiger partial charge in [-0.05, 0) is 23.6 Å². The van der Waals surface area contributed by atoms with Crippen LogP contribution in [-0.2, 0) is 0 Å². The number of hydrogen-bond acceptors (Lipinski definition) is 3. The first-order valence-electron chi connectivity index (χ1n) is 11.7. The third-order valence-corrected chi connectivity index (χ3v) is 6.20. The molecule has 0 amide bonds. The first-order chi connectivity index (χ1) is 15.2. The fraction of sp³-hybridized carbons (Fsp3) is 0.500. The molecule has 0 bridgehead atoms. The molecule has 0 aliphatic carbocycles. The Kier molecular flexibility index (Phi) is 12.1. The number of benzene rings is 2. The lowest BCUT2D eigenvalue weighted by Gasteiger charge is -2.35. The molecule has 1 aliphatic rings. The smallest absolute Gasteiger partial charge is 0.191 e. The van der Waals surface area contributed by atoms with E-state index in [4.69, 9.17) is 0 Å². The number of likely N-dealkylation sites (N-methyl/N-ethyl adjacent to an activating group) is 1. The van der Waals surface area contributed by atoms with Crippen molar-refractivity contribution in [2.75, 3.05) is 59.4 Å². The number of halogens is 1. The molecule has 2 N–H and O–H groups in total. The lowest BCUT2D eigenvalue weighted by atomic mass is 9.91. The molecular formula is C26H40IN5. The van der Waals surface area contributed by atoms with Crippen molar-refractivity contribution < 1.29 is 0 Å². The van der Waals surface area contributed by atoms with Crippen LogP contribution in [0, 0.1) is 5.92 Å². The van der Waals surface area contributed by atoms with Crippen molar-refractivity contribution in [2.45, 2.75) is 19.8 Å². The molecule has 5 nitrogen and oxygen atoms in total. The van der Waals surface area contributed by atoms with E-state index in [1.54, 1.807) is 0 Å². The van der Waals surface area contributed by atoms with Crippen LogP contribution < -0.4 is 10.6 Å². The number of piperazine rings is 1. The van der Waals surface area contributed by atoms with E-state index in [1.807, 2.05) is 7.05 Å². The van der Waals surface area contributed by atoms with Crippen LogP contribution in [0.25, 0.3) is 0 Å². The summed E-state index contributed by atoms with van der Waals surface area (Å²) in [6.07, 6.45) is 0. The van der Waals surface area contributed by atoms with E-state index < -0.39 is 0 Å².